The van der Waals surface area contributed by atoms with Gasteiger partial charge < -0.3 is 96.1 Å². The second-order valence-electron chi connectivity index (χ2n) is 29.1. The van der Waals surface area contributed by atoms with Crippen LogP contribution in [0.5, 0.6) is 0 Å². The molecule has 11 atom stereocenters. The molecule has 1 aromatic heterocycles. The summed E-state index contributed by atoms with van der Waals surface area (Å²) < 4.78 is 0. The number of anilines is 2. The molecule has 0 aliphatic carbocycles. The Kier molecular flexibility index (Phi) is 35.2. The number of aliphatic carboxylic acids is 1. The van der Waals surface area contributed by atoms with E-state index in [0.29, 0.717) is 64.3 Å². The molecule has 6 aromatic rings. The number of halogens is 1. The molecule has 33 heteroatoms. The fourth-order valence-electron chi connectivity index (χ4n) is 12.9. The minimum absolute atomic E-state index is 0.0150. The maximum Gasteiger partial charge on any atom is 0.325 e. The fraction of sp³-hybridized carbons (Fsp3) is 0.432. The van der Waals surface area contributed by atoms with Gasteiger partial charge in [0.2, 0.25) is 65.0 Å². The lowest BCUT2D eigenvalue weighted by molar-refractivity contribution is -0.144. The van der Waals surface area contributed by atoms with Crippen molar-refractivity contribution in [3.8, 4) is 0 Å². The summed E-state index contributed by atoms with van der Waals surface area (Å²) in [7, 11) is 0. The molecule has 2 heterocycles. The van der Waals surface area contributed by atoms with Crippen LogP contribution in [0.2, 0.25) is 5.02 Å². The first-order valence-corrected chi connectivity index (χ1v) is 38.4. The maximum absolute atomic E-state index is 15.4. The molecular weight excluding hydrogens is 1490 g/mol. The molecular formula is C81H106ClN17O15. The van der Waals surface area contributed by atoms with Gasteiger partial charge in [-0.25, -0.2) is 4.79 Å². The standard InChI is InChI=1S/C81H106ClN17O15/c1-46(2)37-62(71(103)92-61(16-9-10-35-87-47(3)4)79(111)99-36-12-17-69(99)78(110)88-48(5)80(112)113)93-73(105)65(40-52-23-30-59(31-24-52)91-81(85)114)95-75(107)66(41-51-21-28-58(29-22-51)90-70(102)60(84)32-33-83)97-77(109)68(45-100)98-76(108)67(43-54-13-11-34-86-44-54)96-74(106)64(39-50-19-26-57(82)27-20-50)94-72(104)63(89-49(6)101)42-53-18-25-55-14-7-8-15-56(55)38-53/h7-8,11,13-15,18-31,34,38,44,46-48,60-69,87,100H,9-10,12,16-17,32-33,35-37,39-43,45,83-84H2,1-6H3,(H,88,110)(H,89,101)(H,90,102)(H,92,103)(H,93,105)(H,94,104)(H,95,107)(H,96,106)(H,97,109)(H,98,108)(H,112,113)(H3,85,91,114)/t48-,60?,61+,62+,63-,64-,65-,66+,67-,68+,69+/m1/s1. The Balaban J connectivity index is 1.20. The number of hydrogen-bond acceptors (Lipinski definition) is 18. The van der Waals surface area contributed by atoms with Gasteiger partial charge in [0, 0.05) is 80.4 Å². The van der Waals surface area contributed by atoms with E-state index in [1.54, 1.807) is 50.2 Å². The Hall–Kier alpha value is -11.4. The molecule has 1 fully saturated rings. The highest BCUT2D eigenvalue weighted by molar-refractivity contribution is 6.30. The first-order chi connectivity index (χ1) is 54.4. The molecule has 0 bridgehead atoms. The average molecular weight is 1590 g/mol. The quantitative estimate of drug-likeness (QED) is 0.0244. The second-order valence-corrected chi connectivity index (χ2v) is 29.5. The summed E-state index contributed by atoms with van der Waals surface area (Å²) in [6.07, 6.45) is 3.69. The lowest BCUT2D eigenvalue weighted by Gasteiger charge is -2.31. The van der Waals surface area contributed by atoms with Crippen molar-refractivity contribution in [3.63, 3.8) is 0 Å². The van der Waals surface area contributed by atoms with E-state index in [4.69, 9.17) is 28.8 Å². The number of likely N-dealkylation sites (tertiary alicyclic amines) is 1. The van der Waals surface area contributed by atoms with Crippen LogP contribution in [0.1, 0.15) is 114 Å². The van der Waals surface area contributed by atoms with Crippen LogP contribution in [0, 0.1) is 5.92 Å². The summed E-state index contributed by atoms with van der Waals surface area (Å²) in [6, 6.07) is 18.9. The Morgan fingerprint density at radius 2 is 1.00 bits per heavy atom. The molecule has 0 radical (unpaired) electrons. The monoisotopic (exact) mass is 1590 g/mol. The summed E-state index contributed by atoms with van der Waals surface area (Å²) in [5.41, 5.74) is 20.0. The molecule has 7 rings (SSSR count). The Labute approximate surface area is 666 Å². The largest absolute Gasteiger partial charge is 0.480 e. The Morgan fingerprint density at radius 1 is 0.526 bits per heavy atom. The van der Waals surface area contributed by atoms with Crippen molar-refractivity contribution in [1.29, 1.82) is 0 Å². The molecule has 114 heavy (non-hydrogen) atoms. The molecule has 1 unspecified atom stereocenters. The van der Waals surface area contributed by atoms with E-state index in [0.717, 1.165) is 10.8 Å². The number of amides is 13. The number of nitrogens with zero attached hydrogens (tertiary/aromatic N) is 2. The highest BCUT2D eigenvalue weighted by Gasteiger charge is 2.41. The normalized spacial score (nSPS) is 15.2. The summed E-state index contributed by atoms with van der Waals surface area (Å²) in [5, 5.41) is 55.6. The fourth-order valence-corrected chi connectivity index (χ4v) is 13.0. The summed E-state index contributed by atoms with van der Waals surface area (Å²) in [4.78, 5) is 188. The number of primary amides is 1. The molecule has 13 amide bonds. The third-order valence-electron chi connectivity index (χ3n) is 18.9. The van der Waals surface area contributed by atoms with Gasteiger partial charge in [0.1, 0.15) is 60.4 Å². The zero-order chi connectivity index (χ0) is 83.1. The van der Waals surface area contributed by atoms with Gasteiger partial charge in [-0.05, 0) is 152 Å². The number of nitrogens with two attached hydrogens (primary N) is 3. The third kappa shape index (κ3) is 28.9. The number of nitrogens with one attached hydrogen (secondary N) is 12. The van der Waals surface area contributed by atoms with Crippen molar-refractivity contribution in [3.05, 3.63) is 173 Å². The Bertz CT molecular complexity index is 4290. The van der Waals surface area contributed by atoms with E-state index in [2.05, 4.69) is 68.8 Å². The number of pyridine rings is 1. The zero-order valence-electron chi connectivity index (χ0n) is 64.8. The van der Waals surface area contributed by atoms with Crippen molar-refractivity contribution in [1.82, 2.24) is 63.1 Å². The first kappa shape index (κ1) is 89.8. The number of carbonyl (C=O) groups is 13. The number of fused-ring (bicyclic) bond motifs is 1. The number of carboxylic acid groups (broad SMARTS) is 1. The minimum Gasteiger partial charge on any atom is -0.480 e. The van der Waals surface area contributed by atoms with Crippen LogP contribution in [0.25, 0.3) is 10.8 Å². The maximum atomic E-state index is 15.4. The lowest BCUT2D eigenvalue weighted by atomic mass is 9.99. The molecule has 1 aliphatic rings. The van der Waals surface area contributed by atoms with Crippen LogP contribution in [-0.2, 0) is 89.6 Å². The smallest absolute Gasteiger partial charge is 0.325 e. The molecule has 612 valence electrons. The summed E-state index contributed by atoms with van der Waals surface area (Å²) in [5.74, 6) is -10.5. The van der Waals surface area contributed by atoms with Crippen LogP contribution in [-0.4, -0.2) is 196 Å². The molecule has 0 saturated carbocycles. The van der Waals surface area contributed by atoms with E-state index in [1.807, 2.05) is 56.3 Å². The average Bonchev–Trinajstić information content (AvgIpc) is 1.59. The van der Waals surface area contributed by atoms with Crippen molar-refractivity contribution < 1.29 is 72.5 Å². The van der Waals surface area contributed by atoms with Gasteiger partial charge in [-0.15, -0.1) is 0 Å². The van der Waals surface area contributed by atoms with Crippen LogP contribution in [0.15, 0.2) is 140 Å². The second kappa shape index (κ2) is 44.7. The first-order valence-electron chi connectivity index (χ1n) is 38.1. The van der Waals surface area contributed by atoms with Crippen molar-refractivity contribution in [2.75, 3.05) is 36.9 Å². The minimum atomic E-state index is -1.89. The summed E-state index contributed by atoms with van der Waals surface area (Å²) >= 11 is 6.27. The van der Waals surface area contributed by atoms with Crippen LogP contribution in [0.4, 0.5) is 16.2 Å². The van der Waals surface area contributed by atoms with Crippen LogP contribution >= 0.6 is 11.6 Å². The van der Waals surface area contributed by atoms with Crippen LogP contribution in [0.3, 0.4) is 0 Å². The van der Waals surface area contributed by atoms with Gasteiger partial charge in [0.25, 0.3) is 0 Å². The van der Waals surface area contributed by atoms with Gasteiger partial charge in [-0.1, -0.05) is 124 Å². The lowest BCUT2D eigenvalue weighted by Crippen LogP contribution is -2.62. The summed E-state index contributed by atoms with van der Waals surface area (Å²) in [6.45, 7) is 9.79. The Morgan fingerprint density at radius 3 is 1.50 bits per heavy atom. The van der Waals surface area contributed by atoms with E-state index in [9.17, 15) is 63.0 Å². The molecule has 20 N–H and O–H groups in total. The zero-order valence-corrected chi connectivity index (χ0v) is 65.6. The van der Waals surface area contributed by atoms with Crippen molar-refractivity contribution in [2.24, 2.45) is 23.1 Å². The highest BCUT2D eigenvalue weighted by atomic mass is 35.5. The number of benzene rings is 5. The predicted octanol–water partition coefficient (Wildman–Crippen LogP) is 2.19. The third-order valence-corrected chi connectivity index (χ3v) is 19.2. The topological polar surface area (TPSA) is 501 Å². The number of rotatable bonds is 43. The van der Waals surface area contributed by atoms with Gasteiger partial charge in [-0.2, -0.15) is 0 Å². The SMILES string of the molecule is CC(=O)N[C@H](Cc1ccc2ccccc2c1)C(=O)N[C@H](Cc1ccc(Cl)cc1)C(=O)N[C@H](Cc1cccnc1)C(=O)N[C@@H](CO)C(=O)N[C@@H](Cc1ccc(NC(=O)C(N)CCN)cc1)C(=O)N[C@H](Cc1ccc(NC(N)=O)cc1)C(=O)N[C@@H](CC(C)C)C(=O)N[C@@H](CCCCNC(C)C)C(=O)N1CCC[C@H]1C(=O)N[C@H](C)C(=O)O. The molecule has 1 aliphatic heterocycles. The number of unbranched alkanes of at least 4 members (excludes halogenated alkanes) is 1. The highest BCUT2D eigenvalue weighted by Crippen LogP contribution is 2.23. The number of aromatic nitrogens is 1. The number of urea groups is 1. The number of hydrogen-bond donors (Lipinski definition) is 17. The predicted molar refractivity (Wildman–Crippen MR) is 429 cm³/mol. The van der Waals surface area contributed by atoms with Gasteiger partial charge in [-0.3, -0.25) is 62.5 Å². The number of carboxylic acids is 1. The van der Waals surface area contributed by atoms with Crippen molar-refractivity contribution in [2.45, 2.75) is 191 Å². The van der Waals surface area contributed by atoms with Crippen molar-refractivity contribution >= 4 is 111 Å². The van der Waals surface area contributed by atoms with E-state index in [1.165, 1.54) is 79.7 Å². The van der Waals surface area contributed by atoms with Crippen LogP contribution < -0.4 is 81.0 Å². The van der Waals surface area contributed by atoms with Gasteiger partial charge in [0.15, 0.2) is 0 Å². The van der Waals surface area contributed by atoms with E-state index >= 15 is 9.59 Å². The van der Waals surface area contributed by atoms with E-state index < -0.39 is 150 Å². The number of carbonyl (C=O) groups excluding carboxylic acids is 12. The molecule has 5 aromatic carbocycles. The van der Waals surface area contributed by atoms with E-state index in [-0.39, 0.29) is 88.5 Å². The molecule has 0 spiro atoms. The van der Waals surface area contributed by atoms with Gasteiger partial charge >= 0.3 is 12.0 Å². The molecule has 1 saturated heterocycles. The van der Waals surface area contributed by atoms with Gasteiger partial charge in [0.05, 0.1) is 12.6 Å². The number of aliphatic hydroxyl groups is 1. The number of aliphatic hydroxyl groups excluding tert-OH is 1. The molecule has 32 nitrogen and oxygen atoms in total.